The van der Waals surface area contributed by atoms with Crippen LogP contribution < -0.4 is 5.46 Å². The van der Waals surface area contributed by atoms with Crippen LogP contribution in [-0.2, 0) is 0 Å². The lowest BCUT2D eigenvalue weighted by atomic mass is 9.79. The van der Waals surface area contributed by atoms with Gasteiger partial charge in [0.2, 0.25) is 0 Å². The van der Waals surface area contributed by atoms with Crippen molar-refractivity contribution in [1.82, 2.24) is 0 Å². The molecule has 0 spiro atoms. The second-order valence-electron chi connectivity index (χ2n) is 16.7. The molecule has 14 aromatic rings. The maximum atomic E-state index is 11.0. The van der Waals surface area contributed by atoms with E-state index in [0.717, 1.165) is 68.6 Å². The standard InChI is InChI=1S/C28H15ClO4.C16H10BClO4.C12H7IO2/c29-27-20(31)13-18(24-19(30)9-10-22-25(24)16-7-3-4-8-21(16)32-22)28-26(27)17-11-14-5-1-2-6-15(14)12-23(17)33-28;18-15-12(19)7-11(17(20)21)16-14(15)10-5-8-3-1-2-4-9(8)6-13(10)22-16;13-12-8(14)5-6-10-11(12)7-3-1-2-4-9(7)15-10/h1-13,30-31H;1-7,19-21H;1-6,14H. The summed E-state index contributed by atoms with van der Waals surface area (Å²) in [5, 5.41) is 71.1. The summed E-state index contributed by atoms with van der Waals surface area (Å²) in [6.07, 6.45) is 0. The summed E-state index contributed by atoms with van der Waals surface area (Å²) in [6, 6.07) is 48.6. The van der Waals surface area contributed by atoms with E-state index in [-0.39, 0.29) is 38.3 Å². The summed E-state index contributed by atoms with van der Waals surface area (Å²) in [5.41, 5.74) is 6.16. The van der Waals surface area contributed by atoms with Crippen molar-refractivity contribution in [3.63, 3.8) is 0 Å². The van der Waals surface area contributed by atoms with E-state index >= 15 is 0 Å². The fraction of sp³-hybridized carbons (Fsp3) is 0. The zero-order valence-electron chi connectivity index (χ0n) is 36.0. The van der Waals surface area contributed by atoms with Gasteiger partial charge in [0.05, 0.1) is 24.4 Å². The molecule has 4 heterocycles. The zero-order valence-corrected chi connectivity index (χ0v) is 39.7. The van der Waals surface area contributed by atoms with E-state index in [1.165, 1.54) is 6.07 Å². The minimum absolute atomic E-state index is 0.0580. The van der Waals surface area contributed by atoms with Gasteiger partial charge in [-0.1, -0.05) is 108 Å². The summed E-state index contributed by atoms with van der Waals surface area (Å²) in [5.74, 6) is 0.0599. The smallest absolute Gasteiger partial charge is 0.492 e. The van der Waals surface area contributed by atoms with E-state index in [1.807, 2.05) is 121 Å². The molecule has 0 fully saturated rings. The average molecular weight is 1070 g/mol. The van der Waals surface area contributed by atoms with Crippen molar-refractivity contribution < 1.29 is 48.1 Å². The van der Waals surface area contributed by atoms with Crippen molar-refractivity contribution in [2.75, 3.05) is 0 Å². The third kappa shape index (κ3) is 7.01. The van der Waals surface area contributed by atoms with E-state index < -0.39 is 7.12 Å². The number of hydrogen-bond acceptors (Lipinski definition) is 10. The summed E-state index contributed by atoms with van der Waals surface area (Å²) >= 11 is 14.9. The van der Waals surface area contributed by atoms with Crippen molar-refractivity contribution in [2.24, 2.45) is 0 Å². The molecule has 0 aliphatic carbocycles. The Morgan fingerprint density at radius 2 is 0.843 bits per heavy atom. The van der Waals surface area contributed by atoms with E-state index in [9.17, 15) is 30.5 Å². The van der Waals surface area contributed by atoms with Gasteiger partial charge in [-0.3, -0.25) is 0 Å². The van der Waals surface area contributed by atoms with Crippen LogP contribution in [0, 0.1) is 3.57 Å². The Hall–Kier alpha value is -7.59. The monoisotopic (exact) mass is 1070 g/mol. The molecule has 14 heteroatoms. The third-order valence-electron chi connectivity index (χ3n) is 12.6. The summed E-state index contributed by atoms with van der Waals surface area (Å²) in [7, 11) is -1.76. The Kier molecular flexibility index (Phi) is 10.5. The number of phenolic OH excluding ortho intramolecular Hbond substituents is 4. The molecule has 0 aliphatic heterocycles. The predicted molar refractivity (Wildman–Crippen MR) is 288 cm³/mol. The first-order valence-electron chi connectivity index (χ1n) is 21.7. The number of para-hydroxylation sites is 2. The number of furan rings is 4. The van der Waals surface area contributed by atoms with Crippen LogP contribution in [0.4, 0.5) is 0 Å². The lowest BCUT2D eigenvalue weighted by Gasteiger charge is -2.10. The van der Waals surface area contributed by atoms with Crippen LogP contribution in [0.25, 0.3) is 120 Å². The molecular weight excluding hydrogens is 1040 g/mol. The molecule has 70 heavy (non-hydrogen) atoms. The van der Waals surface area contributed by atoms with Gasteiger partial charge in [-0.2, -0.15) is 0 Å². The summed E-state index contributed by atoms with van der Waals surface area (Å²) in [4.78, 5) is 0. The predicted octanol–water partition coefficient (Wildman–Crippen LogP) is 15.0. The molecule has 6 N–H and O–H groups in total. The van der Waals surface area contributed by atoms with Gasteiger partial charge in [0, 0.05) is 48.9 Å². The van der Waals surface area contributed by atoms with Gasteiger partial charge in [-0.05, 0) is 117 Å². The topological polar surface area (TPSA) is 174 Å². The molecule has 0 saturated heterocycles. The van der Waals surface area contributed by atoms with Gasteiger partial charge in [0.1, 0.15) is 67.7 Å². The third-order valence-corrected chi connectivity index (χ3v) is 14.5. The molecule has 10 nitrogen and oxygen atoms in total. The van der Waals surface area contributed by atoms with Gasteiger partial charge in [0.25, 0.3) is 0 Å². The lowest BCUT2D eigenvalue weighted by Crippen LogP contribution is -2.30. The number of halogens is 3. The first kappa shape index (κ1) is 43.7. The minimum atomic E-state index is -1.76. The van der Waals surface area contributed by atoms with E-state index in [0.29, 0.717) is 55.6 Å². The first-order valence-corrected chi connectivity index (χ1v) is 23.6. The molecule has 14 rings (SSSR count). The fourth-order valence-electron chi connectivity index (χ4n) is 9.41. The molecule has 0 radical (unpaired) electrons. The Labute approximate surface area is 418 Å². The highest BCUT2D eigenvalue weighted by Crippen LogP contribution is 2.50. The Morgan fingerprint density at radius 1 is 0.386 bits per heavy atom. The van der Waals surface area contributed by atoms with Crippen LogP contribution in [0.3, 0.4) is 0 Å². The van der Waals surface area contributed by atoms with Crippen LogP contribution >= 0.6 is 45.8 Å². The van der Waals surface area contributed by atoms with E-state index in [4.69, 9.17) is 40.9 Å². The van der Waals surface area contributed by atoms with Crippen LogP contribution in [0.2, 0.25) is 10.0 Å². The van der Waals surface area contributed by atoms with Crippen LogP contribution in [-0.4, -0.2) is 37.6 Å². The molecule has 0 unspecified atom stereocenters. The molecule has 10 aromatic carbocycles. The summed E-state index contributed by atoms with van der Waals surface area (Å²) in [6.45, 7) is 0. The van der Waals surface area contributed by atoms with Crippen LogP contribution in [0.1, 0.15) is 0 Å². The number of hydrogen-bond donors (Lipinski definition) is 6. The molecule has 0 bridgehead atoms. The molecule has 0 amide bonds. The van der Waals surface area contributed by atoms with Crippen molar-refractivity contribution in [2.45, 2.75) is 0 Å². The van der Waals surface area contributed by atoms with Crippen LogP contribution in [0.5, 0.6) is 23.0 Å². The molecule has 340 valence electrons. The number of aromatic hydroxyl groups is 4. The van der Waals surface area contributed by atoms with Crippen LogP contribution in [0.15, 0.2) is 175 Å². The molecular formula is C56H32BCl2IO10. The van der Waals surface area contributed by atoms with Gasteiger partial charge in [-0.25, -0.2) is 0 Å². The Bertz CT molecular complexity index is 4460. The number of phenols is 4. The minimum Gasteiger partial charge on any atom is -0.507 e. The molecule has 4 aromatic heterocycles. The highest BCUT2D eigenvalue weighted by atomic mass is 127. The average Bonchev–Trinajstić information content (AvgIpc) is 4.14. The van der Waals surface area contributed by atoms with E-state index in [2.05, 4.69) is 22.6 Å². The van der Waals surface area contributed by atoms with Crippen molar-refractivity contribution >= 4 is 168 Å². The van der Waals surface area contributed by atoms with Crippen molar-refractivity contribution in [1.29, 1.82) is 0 Å². The molecule has 0 aliphatic rings. The summed E-state index contributed by atoms with van der Waals surface area (Å²) < 4.78 is 24.6. The van der Waals surface area contributed by atoms with Gasteiger partial charge < -0.3 is 48.1 Å². The maximum absolute atomic E-state index is 11.0. The van der Waals surface area contributed by atoms with Gasteiger partial charge in [0.15, 0.2) is 0 Å². The quantitative estimate of drug-likeness (QED) is 0.0722. The van der Waals surface area contributed by atoms with Crippen molar-refractivity contribution in [3.05, 3.63) is 171 Å². The second-order valence-corrected chi connectivity index (χ2v) is 18.6. The molecule has 0 atom stereocenters. The van der Waals surface area contributed by atoms with Gasteiger partial charge in [-0.15, -0.1) is 0 Å². The lowest BCUT2D eigenvalue weighted by molar-refractivity contribution is 0.424. The largest absolute Gasteiger partial charge is 0.507 e. The number of fused-ring (bicyclic) bond motifs is 14. The Balaban J connectivity index is 0.000000117. The number of rotatable bonds is 2. The first-order chi connectivity index (χ1) is 33.9. The second kappa shape index (κ2) is 16.8. The highest BCUT2D eigenvalue weighted by molar-refractivity contribution is 14.1. The van der Waals surface area contributed by atoms with E-state index in [1.54, 1.807) is 30.3 Å². The fourth-order valence-corrected chi connectivity index (χ4v) is 10.6. The van der Waals surface area contributed by atoms with Gasteiger partial charge >= 0.3 is 7.12 Å². The van der Waals surface area contributed by atoms with Crippen molar-refractivity contribution in [3.8, 4) is 34.1 Å². The normalized spacial score (nSPS) is 11.7. The Morgan fingerprint density at radius 3 is 1.41 bits per heavy atom. The molecule has 0 saturated carbocycles. The maximum Gasteiger partial charge on any atom is 0.492 e. The SMILES string of the molecule is OB(O)c1cc(O)c(Cl)c2c1oc1cc3ccccc3cc12.Oc1ccc2oc3ccccc3c2c1-c1cc(O)c(Cl)c2c1oc1cc3ccccc3cc12.Oc1ccc2oc3ccccc3c2c1I. The highest BCUT2D eigenvalue weighted by Gasteiger charge is 2.26. The number of benzene rings is 10. The zero-order chi connectivity index (χ0) is 48.1.